The average Bonchev–Trinajstić information content (AvgIpc) is 2.48. The fraction of sp³-hybridized carbons (Fsp3) is 0.611. The highest BCUT2D eigenvalue weighted by Crippen LogP contribution is 2.19. The molecule has 1 aliphatic heterocycles. The van der Waals surface area contributed by atoms with E-state index in [-0.39, 0.29) is 11.9 Å². The minimum Gasteiger partial charge on any atom is -0.336 e. The molecule has 1 fully saturated rings. The number of aryl methyl sites for hydroxylation is 1. The van der Waals surface area contributed by atoms with Crippen molar-refractivity contribution >= 4 is 5.91 Å². The van der Waals surface area contributed by atoms with Crippen molar-refractivity contribution in [1.29, 1.82) is 0 Å². The molecule has 1 amide bonds. The highest BCUT2D eigenvalue weighted by molar-refractivity contribution is 5.96. The van der Waals surface area contributed by atoms with Gasteiger partial charge in [0.25, 0.3) is 5.91 Å². The van der Waals surface area contributed by atoms with Crippen molar-refractivity contribution in [3.8, 4) is 0 Å². The van der Waals surface area contributed by atoms with Crippen LogP contribution in [0.1, 0.15) is 48.2 Å². The molecule has 1 aromatic carbocycles. The van der Waals surface area contributed by atoms with E-state index in [1.165, 1.54) is 18.4 Å². The summed E-state index contributed by atoms with van der Waals surface area (Å²) in [6.45, 7) is 11.3. The third kappa shape index (κ3) is 3.85. The number of amides is 1. The standard InChI is InChI=1S/C18H28N2O/c1-13(2)20(12-16-8-6-10-19-11-16)18(21)17-9-5-7-14(3)15(17)4/h5,7,9,13,16,19H,6,8,10-12H2,1-4H3. The lowest BCUT2D eigenvalue weighted by molar-refractivity contribution is 0.0660. The minimum atomic E-state index is 0.178. The second kappa shape index (κ2) is 7.08. The van der Waals surface area contributed by atoms with Crippen molar-refractivity contribution < 1.29 is 4.79 Å². The second-order valence-corrected chi connectivity index (χ2v) is 6.51. The molecule has 0 aromatic heterocycles. The fourth-order valence-electron chi connectivity index (χ4n) is 3.02. The van der Waals surface area contributed by atoms with E-state index < -0.39 is 0 Å². The molecule has 1 saturated heterocycles. The third-order valence-corrected chi connectivity index (χ3v) is 4.57. The first-order valence-electron chi connectivity index (χ1n) is 8.08. The number of nitrogens with one attached hydrogen (secondary N) is 1. The van der Waals surface area contributed by atoms with E-state index in [4.69, 9.17) is 0 Å². The zero-order valence-corrected chi connectivity index (χ0v) is 13.8. The van der Waals surface area contributed by atoms with Gasteiger partial charge < -0.3 is 10.2 Å². The molecule has 2 rings (SSSR count). The van der Waals surface area contributed by atoms with Crippen LogP contribution in [0.25, 0.3) is 0 Å². The van der Waals surface area contributed by atoms with E-state index in [2.05, 4.69) is 32.2 Å². The predicted molar refractivity (Wildman–Crippen MR) is 87.7 cm³/mol. The summed E-state index contributed by atoms with van der Waals surface area (Å²) in [5.74, 6) is 0.756. The Balaban J connectivity index is 2.17. The third-order valence-electron chi connectivity index (χ3n) is 4.57. The van der Waals surface area contributed by atoms with Crippen LogP contribution in [0, 0.1) is 19.8 Å². The topological polar surface area (TPSA) is 32.3 Å². The molecule has 1 unspecified atom stereocenters. The number of carbonyl (C=O) groups excluding carboxylic acids is 1. The van der Waals surface area contributed by atoms with Crippen LogP contribution in [0.2, 0.25) is 0 Å². The van der Waals surface area contributed by atoms with Crippen LogP contribution < -0.4 is 5.32 Å². The number of rotatable bonds is 4. The molecule has 21 heavy (non-hydrogen) atoms. The molecule has 116 valence electrons. The Morgan fingerprint density at radius 3 is 2.76 bits per heavy atom. The maximum absolute atomic E-state index is 12.9. The number of carbonyl (C=O) groups is 1. The molecule has 1 aromatic rings. The van der Waals surface area contributed by atoms with Crippen LogP contribution in [0.15, 0.2) is 18.2 Å². The molecule has 3 heteroatoms. The number of benzene rings is 1. The van der Waals surface area contributed by atoms with Gasteiger partial charge in [0.05, 0.1) is 0 Å². The highest BCUT2D eigenvalue weighted by Gasteiger charge is 2.24. The fourth-order valence-corrected chi connectivity index (χ4v) is 3.02. The lowest BCUT2D eigenvalue weighted by Crippen LogP contribution is -2.44. The first-order chi connectivity index (χ1) is 10.0. The molecule has 1 N–H and O–H groups in total. The summed E-state index contributed by atoms with van der Waals surface area (Å²) in [5.41, 5.74) is 3.14. The van der Waals surface area contributed by atoms with E-state index in [0.29, 0.717) is 5.92 Å². The molecule has 0 spiro atoms. The van der Waals surface area contributed by atoms with Gasteiger partial charge in [-0.1, -0.05) is 12.1 Å². The van der Waals surface area contributed by atoms with Gasteiger partial charge in [-0.3, -0.25) is 4.79 Å². The Morgan fingerprint density at radius 1 is 1.38 bits per heavy atom. The van der Waals surface area contributed by atoms with Gasteiger partial charge in [-0.2, -0.15) is 0 Å². The van der Waals surface area contributed by atoms with Crippen LogP contribution >= 0.6 is 0 Å². The van der Waals surface area contributed by atoms with Crippen molar-refractivity contribution in [1.82, 2.24) is 10.2 Å². The number of piperidine rings is 1. The van der Waals surface area contributed by atoms with Gasteiger partial charge in [-0.05, 0) is 76.7 Å². The largest absolute Gasteiger partial charge is 0.336 e. The number of nitrogens with zero attached hydrogens (tertiary/aromatic N) is 1. The Kier molecular flexibility index (Phi) is 5.40. The van der Waals surface area contributed by atoms with E-state index in [1.54, 1.807) is 0 Å². The first-order valence-corrected chi connectivity index (χ1v) is 8.08. The predicted octanol–water partition coefficient (Wildman–Crippen LogP) is 3.15. The Labute approximate surface area is 128 Å². The van der Waals surface area contributed by atoms with Gasteiger partial charge in [0.2, 0.25) is 0 Å². The van der Waals surface area contributed by atoms with Gasteiger partial charge in [-0.25, -0.2) is 0 Å². The zero-order chi connectivity index (χ0) is 15.4. The number of hydrogen-bond acceptors (Lipinski definition) is 2. The molecule has 0 aliphatic carbocycles. The molecule has 0 bridgehead atoms. The smallest absolute Gasteiger partial charge is 0.254 e. The van der Waals surface area contributed by atoms with Gasteiger partial charge in [0.1, 0.15) is 0 Å². The molecule has 1 aliphatic rings. The molecule has 1 atom stereocenters. The molecule has 3 nitrogen and oxygen atoms in total. The minimum absolute atomic E-state index is 0.178. The van der Waals surface area contributed by atoms with Gasteiger partial charge in [0.15, 0.2) is 0 Å². The van der Waals surface area contributed by atoms with Crippen LogP contribution in [-0.2, 0) is 0 Å². The van der Waals surface area contributed by atoms with Crippen molar-refractivity contribution in [2.45, 2.75) is 46.6 Å². The van der Waals surface area contributed by atoms with Gasteiger partial charge >= 0.3 is 0 Å². The van der Waals surface area contributed by atoms with E-state index in [0.717, 1.165) is 30.8 Å². The summed E-state index contributed by atoms with van der Waals surface area (Å²) in [6, 6.07) is 6.24. The Morgan fingerprint density at radius 2 is 2.14 bits per heavy atom. The van der Waals surface area contributed by atoms with Crippen LogP contribution in [-0.4, -0.2) is 36.5 Å². The summed E-state index contributed by atoms with van der Waals surface area (Å²) in [5, 5.41) is 3.44. The van der Waals surface area contributed by atoms with Crippen LogP contribution in [0.5, 0.6) is 0 Å². The Hall–Kier alpha value is -1.35. The normalized spacial score (nSPS) is 18.8. The lowest BCUT2D eigenvalue weighted by Gasteiger charge is -2.33. The van der Waals surface area contributed by atoms with Gasteiger partial charge in [0, 0.05) is 18.2 Å². The lowest BCUT2D eigenvalue weighted by atomic mass is 9.97. The molecular weight excluding hydrogens is 260 g/mol. The van der Waals surface area contributed by atoms with Crippen molar-refractivity contribution in [2.75, 3.05) is 19.6 Å². The molecular formula is C18H28N2O. The average molecular weight is 288 g/mol. The van der Waals surface area contributed by atoms with E-state index >= 15 is 0 Å². The van der Waals surface area contributed by atoms with Crippen molar-refractivity contribution in [2.24, 2.45) is 5.92 Å². The maximum atomic E-state index is 12.9. The summed E-state index contributed by atoms with van der Waals surface area (Å²) in [4.78, 5) is 15.0. The summed E-state index contributed by atoms with van der Waals surface area (Å²) < 4.78 is 0. The highest BCUT2D eigenvalue weighted by atomic mass is 16.2. The van der Waals surface area contributed by atoms with Crippen LogP contribution in [0.3, 0.4) is 0 Å². The molecule has 0 saturated carbocycles. The maximum Gasteiger partial charge on any atom is 0.254 e. The van der Waals surface area contributed by atoms with Gasteiger partial charge in [-0.15, -0.1) is 0 Å². The second-order valence-electron chi connectivity index (χ2n) is 6.51. The number of hydrogen-bond donors (Lipinski definition) is 1. The molecule has 0 radical (unpaired) electrons. The molecule has 1 heterocycles. The first kappa shape index (κ1) is 16.0. The summed E-state index contributed by atoms with van der Waals surface area (Å²) in [6.07, 6.45) is 2.44. The Bertz CT molecular complexity index is 490. The zero-order valence-electron chi connectivity index (χ0n) is 13.8. The van der Waals surface area contributed by atoms with E-state index in [1.807, 2.05) is 24.0 Å². The monoisotopic (exact) mass is 288 g/mol. The van der Waals surface area contributed by atoms with Crippen molar-refractivity contribution in [3.05, 3.63) is 34.9 Å². The van der Waals surface area contributed by atoms with Crippen molar-refractivity contribution in [3.63, 3.8) is 0 Å². The SMILES string of the molecule is Cc1cccc(C(=O)N(CC2CCCNC2)C(C)C)c1C. The van der Waals surface area contributed by atoms with E-state index in [9.17, 15) is 4.79 Å². The quantitative estimate of drug-likeness (QED) is 0.923. The van der Waals surface area contributed by atoms with Crippen LogP contribution in [0.4, 0.5) is 0 Å². The summed E-state index contributed by atoms with van der Waals surface area (Å²) in [7, 11) is 0. The summed E-state index contributed by atoms with van der Waals surface area (Å²) >= 11 is 0.